The van der Waals surface area contributed by atoms with Crippen LogP contribution in [-0.2, 0) is 17.3 Å². The molecule has 0 saturated carbocycles. The molecule has 146 valence electrons. The van der Waals surface area contributed by atoms with Gasteiger partial charge in [-0.15, -0.1) is 0 Å². The van der Waals surface area contributed by atoms with Crippen molar-refractivity contribution in [2.24, 2.45) is 7.05 Å². The van der Waals surface area contributed by atoms with Crippen molar-refractivity contribution in [3.05, 3.63) is 59.8 Å². The van der Waals surface area contributed by atoms with Crippen molar-refractivity contribution in [1.82, 2.24) is 9.29 Å². The summed E-state index contributed by atoms with van der Waals surface area (Å²) >= 11 is 0. The van der Waals surface area contributed by atoms with E-state index in [0.717, 1.165) is 22.9 Å². The molecule has 28 heavy (non-hydrogen) atoms. The topological polar surface area (TPSA) is 83.4 Å². The summed E-state index contributed by atoms with van der Waals surface area (Å²) in [4.78, 5) is 12.7. The molecule has 0 atom stereocenters. The van der Waals surface area contributed by atoms with Crippen LogP contribution in [0.5, 0.6) is 0 Å². The fourth-order valence-electron chi connectivity index (χ4n) is 3.49. The van der Waals surface area contributed by atoms with E-state index in [4.69, 9.17) is 0 Å². The van der Waals surface area contributed by atoms with E-state index in [1.165, 1.54) is 4.31 Å². The van der Waals surface area contributed by atoms with Crippen molar-refractivity contribution in [2.75, 3.05) is 22.7 Å². The molecule has 0 aliphatic carbocycles. The molecule has 3 aromatic rings. The number of rotatable bonds is 3. The van der Waals surface area contributed by atoms with Crippen LogP contribution < -0.4 is 14.3 Å². The van der Waals surface area contributed by atoms with Gasteiger partial charge < -0.3 is 9.88 Å². The summed E-state index contributed by atoms with van der Waals surface area (Å²) in [6, 6.07) is 12.9. The number of carbonyl (C=O) groups is 1. The molecule has 1 amide bonds. The number of fused-ring (bicyclic) bond motifs is 1. The molecular weight excluding hydrogens is 376 g/mol. The van der Waals surface area contributed by atoms with Gasteiger partial charge >= 0.3 is 10.2 Å². The van der Waals surface area contributed by atoms with Crippen molar-refractivity contribution in [2.45, 2.75) is 13.3 Å². The molecule has 0 unspecified atom stereocenters. The maximum absolute atomic E-state index is 12.7. The van der Waals surface area contributed by atoms with Crippen molar-refractivity contribution in [1.29, 1.82) is 0 Å². The van der Waals surface area contributed by atoms with Gasteiger partial charge in [0.15, 0.2) is 0 Å². The Bertz CT molecular complexity index is 1170. The van der Waals surface area contributed by atoms with Gasteiger partial charge in [-0.1, -0.05) is 6.07 Å². The molecule has 1 saturated heterocycles. The number of anilines is 2. The first-order chi connectivity index (χ1) is 13.3. The number of aromatic nitrogens is 1. The highest BCUT2D eigenvalue weighted by Crippen LogP contribution is 2.25. The van der Waals surface area contributed by atoms with Crippen molar-refractivity contribution >= 4 is 38.4 Å². The molecule has 1 aliphatic heterocycles. The summed E-state index contributed by atoms with van der Waals surface area (Å²) in [5.74, 6) is -0.225. The molecule has 0 radical (unpaired) electrons. The lowest BCUT2D eigenvalue weighted by Gasteiger charge is -2.29. The Kier molecular flexibility index (Phi) is 4.60. The summed E-state index contributed by atoms with van der Waals surface area (Å²) in [6.45, 7) is 2.68. The Hall–Kier alpha value is -2.84. The Morgan fingerprint density at radius 1 is 1.14 bits per heavy atom. The zero-order valence-corrected chi connectivity index (χ0v) is 16.6. The summed E-state index contributed by atoms with van der Waals surface area (Å²) in [5.41, 5.74) is 3.54. The van der Waals surface area contributed by atoms with E-state index in [9.17, 15) is 13.2 Å². The van der Waals surface area contributed by atoms with Crippen LogP contribution in [0.1, 0.15) is 22.3 Å². The number of benzene rings is 2. The van der Waals surface area contributed by atoms with Crippen LogP contribution in [0, 0.1) is 6.92 Å². The Morgan fingerprint density at radius 3 is 2.71 bits per heavy atom. The minimum atomic E-state index is -3.51. The highest BCUT2D eigenvalue weighted by Gasteiger charge is 2.26. The second-order valence-corrected chi connectivity index (χ2v) is 8.66. The Balaban J connectivity index is 1.58. The molecular formula is C20H22N4O3S. The molecule has 2 aromatic carbocycles. The highest BCUT2D eigenvalue weighted by atomic mass is 32.2. The number of carbonyl (C=O) groups excluding carboxylic acids is 1. The largest absolute Gasteiger partial charge is 0.350 e. The normalized spacial score (nSPS) is 16.3. The molecule has 1 aliphatic rings. The summed E-state index contributed by atoms with van der Waals surface area (Å²) < 4.78 is 30.3. The van der Waals surface area contributed by atoms with Crippen molar-refractivity contribution in [3.63, 3.8) is 0 Å². The standard InChI is InChI=1S/C20H22N4O3S/c1-14-12-17(24-10-3-9-21-28(24,26)27)6-7-18(14)20(25)22-16-5-4-15-8-11-23(2)19(15)13-16/h4-8,11-13,21H,3,9-10H2,1-2H3,(H,22,25). The van der Waals surface area contributed by atoms with E-state index in [-0.39, 0.29) is 5.91 Å². The van der Waals surface area contributed by atoms with Crippen LogP contribution in [0.2, 0.25) is 0 Å². The predicted molar refractivity (Wildman–Crippen MR) is 111 cm³/mol. The third-order valence-electron chi connectivity index (χ3n) is 5.00. The molecule has 0 bridgehead atoms. The fourth-order valence-corrected chi connectivity index (χ4v) is 4.80. The van der Waals surface area contributed by atoms with Crippen molar-refractivity contribution < 1.29 is 13.2 Å². The Morgan fingerprint density at radius 2 is 1.96 bits per heavy atom. The van der Waals surface area contributed by atoms with Gasteiger partial charge in [-0.05, 0) is 60.7 Å². The lowest BCUT2D eigenvalue weighted by molar-refractivity contribution is 0.102. The first-order valence-corrected chi connectivity index (χ1v) is 10.5. The van der Waals surface area contributed by atoms with Crippen LogP contribution in [0.4, 0.5) is 11.4 Å². The minimum absolute atomic E-state index is 0.225. The minimum Gasteiger partial charge on any atom is -0.350 e. The quantitative estimate of drug-likeness (QED) is 0.712. The molecule has 2 heterocycles. The average Bonchev–Trinajstić information content (AvgIpc) is 3.02. The van der Waals surface area contributed by atoms with E-state index in [1.807, 2.05) is 49.0 Å². The van der Waals surface area contributed by atoms with E-state index < -0.39 is 10.2 Å². The molecule has 7 nitrogen and oxygen atoms in total. The molecule has 1 aromatic heterocycles. The summed E-state index contributed by atoms with van der Waals surface area (Å²) in [6.07, 6.45) is 2.71. The monoisotopic (exact) mass is 398 g/mol. The fraction of sp³-hybridized carbons (Fsp3) is 0.250. The number of nitrogens with zero attached hydrogens (tertiary/aromatic N) is 2. The lowest BCUT2D eigenvalue weighted by atomic mass is 10.1. The van der Waals surface area contributed by atoms with Gasteiger partial charge in [0.25, 0.3) is 5.91 Å². The zero-order chi connectivity index (χ0) is 19.9. The lowest BCUT2D eigenvalue weighted by Crippen LogP contribution is -2.47. The smallest absolute Gasteiger partial charge is 0.301 e. The predicted octanol–water partition coefficient (Wildman–Crippen LogP) is 2.78. The average molecular weight is 398 g/mol. The Labute approximate surface area is 164 Å². The zero-order valence-electron chi connectivity index (χ0n) is 15.8. The summed E-state index contributed by atoms with van der Waals surface area (Å²) in [7, 11) is -1.56. The van der Waals surface area contributed by atoms with E-state index >= 15 is 0 Å². The van der Waals surface area contributed by atoms with Gasteiger partial charge in [-0.3, -0.25) is 9.10 Å². The van der Waals surface area contributed by atoms with Gasteiger partial charge in [-0.2, -0.15) is 13.1 Å². The number of hydrogen-bond donors (Lipinski definition) is 2. The first-order valence-electron chi connectivity index (χ1n) is 9.09. The van der Waals surface area contributed by atoms with Crippen LogP contribution in [0.15, 0.2) is 48.7 Å². The number of nitrogens with one attached hydrogen (secondary N) is 2. The maximum Gasteiger partial charge on any atom is 0.301 e. The van der Waals surface area contributed by atoms with E-state index in [0.29, 0.717) is 30.0 Å². The molecule has 8 heteroatoms. The van der Waals surface area contributed by atoms with Gasteiger partial charge in [0.1, 0.15) is 0 Å². The van der Waals surface area contributed by atoms with Crippen LogP contribution in [0.25, 0.3) is 10.9 Å². The van der Waals surface area contributed by atoms with E-state index in [2.05, 4.69) is 10.0 Å². The molecule has 1 fully saturated rings. The number of amides is 1. The molecule has 2 N–H and O–H groups in total. The molecule has 4 rings (SSSR count). The SMILES string of the molecule is Cc1cc(N2CCCNS2(=O)=O)ccc1C(=O)Nc1ccc2ccn(C)c2c1. The van der Waals surface area contributed by atoms with E-state index in [1.54, 1.807) is 18.2 Å². The highest BCUT2D eigenvalue weighted by molar-refractivity contribution is 7.90. The second kappa shape index (κ2) is 6.96. The van der Waals surface area contributed by atoms with Crippen LogP contribution in [0.3, 0.4) is 0 Å². The first kappa shape index (κ1) is 18.5. The van der Waals surface area contributed by atoms with Gasteiger partial charge in [-0.25, -0.2) is 0 Å². The molecule has 0 spiro atoms. The summed E-state index contributed by atoms with van der Waals surface area (Å²) in [5, 5.41) is 4.04. The third-order valence-corrected chi connectivity index (χ3v) is 6.54. The van der Waals surface area contributed by atoms with Crippen molar-refractivity contribution in [3.8, 4) is 0 Å². The third kappa shape index (κ3) is 3.36. The maximum atomic E-state index is 12.7. The van der Waals surface area contributed by atoms with Gasteiger partial charge in [0.05, 0.1) is 5.69 Å². The van der Waals surface area contributed by atoms with Crippen LogP contribution >= 0.6 is 0 Å². The van der Waals surface area contributed by atoms with Crippen LogP contribution in [-0.4, -0.2) is 32.0 Å². The number of hydrogen-bond acceptors (Lipinski definition) is 3. The van der Waals surface area contributed by atoms with Gasteiger partial charge in [0, 0.05) is 43.1 Å². The number of aryl methyl sites for hydroxylation is 2. The second-order valence-electron chi connectivity index (χ2n) is 6.98. The van der Waals surface area contributed by atoms with Gasteiger partial charge in [0.2, 0.25) is 0 Å².